The van der Waals surface area contributed by atoms with Crippen molar-refractivity contribution >= 4 is 17.0 Å². The molecule has 3 rings (SSSR count). The number of fused-ring (bicyclic) bond motifs is 1. The van der Waals surface area contributed by atoms with Gasteiger partial charge in [0.2, 0.25) is 5.52 Å². The first-order chi connectivity index (χ1) is 8.83. The molecule has 7 heteroatoms. The molecule has 0 amide bonds. The maximum absolute atomic E-state index is 13.2. The standard InChI is InChI=1S/C11H9FN6/c12-11-17-9(8-10(18-11)16-6-15-8)14-5-7-1-3-13-4-2-7/h1-4,6H,5H2,(H2,14,15,16,17,18)/p+1. The Balaban J connectivity index is 1.88. The summed E-state index contributed by atoms with van der Waals surface area (Å²) in [6, 6.07) is 3.76. The minimum Gasteiger partial charge on any atom is -0.363 e. The van der Waals surface area contributed by atoms with Gasteiger partial charge in [-0.2, -0.15) is 4.98 Å². The fraction of sp³-hybridized carbons (Fsp3) is 0.0909. The summed E-state index contributed by atoms with van der Waals surface area (Å²) in [6.45, 7) is 0.535. The van der Waals surface area contributed by atoms with Crippen LogP contribution in [0.5, 0.6) is 0 Å². The van der Waals surface area contributed by atoms with Crippen molar-refractivity contribution in [2.45, 2.75) is 6.54 Å². The molecule has 90 valence electrons. The minimum atomic E-state index is -0.768. The summed E-state index contributed by atoms with van der Waals surface area (Å²) in [6.07, 6.45) is 4.22. The molecule has 0 aliphatic carbocycles. The van der Waals surface area contributed by atoms with Gasteiger partial charge in [-0.25, -0.2) is 4.98 Å². The zero-order chi connectivity index (χ0) is 12.4. The van der Waals surface area contributed by atoms with Crippen LogP contribution in [0.3, 0.4) is 0 Å². The van der Waals surface area contributed by atoms with Gasteiger partial charge in [-0.1, -0.05) is 0 Å². The number of aromatic amines is 2. The van der Waals surface area contributed by atoms with Crippen LogP contribution in [0.25, 0.3) is 11.2 Å². The van der Waals surface area contributed by atoms with Crippen LogP contribution in [0.15, 0.2) is 30.9 Å². The molecule has 3 N–H and O–H groups in total. The fourth-order valence-electron chi connectivity index (χ4n) is 1.67. The third-order valence-electron chi connectivity index (χ3n) is 2.52. The van der Waals surface area contributed by atoms with Crippen LogP contribution < -0.4 is 10.3 Å². The number of hydrogen-bond donors (Lipinski definition) is 2. The monoisotopic (exact) mass is 245 g/mol. The highest BCUT2D eigenvalue weighted by Crippen LogP contribution is 2.15. The average molecular weight is 245 g/mol. The van der Waals surface area contributed by atoms with Crippen LogP contribution in [0, 0.1) is 6.08 Å². The molecule has 0 bridgehead atoms. The molecular formula is C11H10FN6+. The van der Waals surface area contributed by atoms with E-state index in [-0.39, 0.29) is 0 Å². The molecule has 0 radical (unpaired) electrons. The molecule has 0 aliphatic rings. The lowest BCUT2D eigenvalue weighted by Crippen LogP contribution is -2.06. The molecule has 0 atom stereocenters. The van der Waals surface area contributed by atoms with Crippen LogP contribution in [0.4, 0.5) is 10.2 Å². The van der Waals surface area contributed by atoms with Gasteiger partial charge in [0.25, 0.3) is 0 Å². The second kappa shape index (κ2) is 4.36. The quantitative estimate of drug-likeness (QED) is 0.672. The lowest BCUT2D eigenvalue weighted by atomic mass is 10.3. The number of H-pyrrole nitrogens is 2. The third-order valence-corrected chi connectivity index (χ3v) is 2.52. The maximum Gasteiger partial charge on any atom is 0.386 e. The molecule has 3 heterocycles. The summed E-state index contributed by atoms with van der Waals surface area (Å²) in [5.74, 6) is 0.426. The Morgan fingerprint density at radius 1 is 1.28 bits per heavy atom. The minimum absolute atomic E-state index is 0.426. The lowest BCUT2D eigenvalue weighted by Gasteiger charge is -2.03. The Morgan fingerprint density at radius 3 is 2.94 bits per heavy atom. The molecule has 3 aromatic heterocycles. The van der Waals surface area contributed by atoms with Crippen LogP contribution in [-0.4, -0.2) is 19.9 Å². The Kier molecular flexibility index (Phi) is 2.56. The zero-order valence-corrected chi connectivity index (χ0v) is 9.31. The highest BCUT2D eigenvalue weighted by Gasteiger charge is 2.14. The van der Waals surface area contributed by atoms with E-state index in [9.17, 15) is 4.39 Å². The van der Waals surface area contributed by atoms with Crippen molar-refractivity contribution in [3.05, 3.63) is 42.5 Å². The Bertz CT molecular complexity index is 666. The highest BCUT2D eigenvalue weighted by atomic mass is 19.1. The number of rotatable bonds is 3. The molecule has 6 nitrogen and oxygen atoms in total. The number of hydrogen-bond acceptors (Lipinski definition) is 4. The Labute approximate surface area is 101 Å². The van der Waals surface area contributed by atoms with Crippen molar-refractivity contribution in [3.63, 3.8) is 0 Å². The second-order valence-electron chi connectivity index (χ2n) is 3.71. The summed E-state index contributed by atoms with van der Waals surface area (Å²) >= 11 is 0. The van der Waals surface area contributed by atoms with E-state index in [1.165, 1.54) is 0 Å². The van der Waals surface area contributed by atoms with E-state index in [1.807, 2.05) is 12.1 Å². The van der Waals surface area contributed by atoms with Crippen molar-refractivity contribution < 1.29 is 9.37 Å². The van der Waals surface area contributed by atoms with Crippen molar-refractivity contribution in [1.82, 2.24) is 19.9 Å². The Hall–Kier alpha value is -2.57. The molecule has 0 aromatic carbocycles. The Morgan fingerprint density at radius 2 is 2.11 bits per heavy atom. The topological polar surface area (TPSA) is 80.6 Å². The number of halogens is 1. The van der Waals surface area contributed by atoms with Crippen molar-refractivity contribution in [1.29, 1.82) is 0 Å². The molecule has 0 fully saturated rings. The smallest absolute Gasteiger partial charge is 0.363 e. The summed E-state index contributed by atoms with van der Waals surface area (Å²) in [4.78, 5) is 17.0. The first-order valence-electron chi connectivity index (χ1n) is 5.38. The van der Waals surface area contributed by atoms with Crippen molar-refractivity contribution in [2.75, 3.05) is 5.32 Å². The van der Waals surface area contributed by atoms with Crippen LogP contribution in [-0.2, 0) is 6.54 Å². The van der Waals surface area contributed by atoms with Crippen LogP contribution in [0.1, 0.15) is 5.56 Å². The van der Waals surface area contributed by atoms with Crippen LogP contribution in [0.2, 0.25) is 0 Å². The largest absolute Gasteiger partial charge is 0.386 e. The molecule has 0 spiro atoms. The lowest BCUT2D eigenvalue weighted by molar-refractivity contribution is -0.347. The molecular weight excluding hydrogens is 235 g/mol. The van der Waals surface area contributed by atoms with E-state index >= 15 is 0 Å². The fourth-order valence-corrected chi connectivity index (χ4v) is 1.67. The maximum atomic E-state index is 13.2. The first kappa shape index (κ1) is 10.6. The van der Waals surface area contributed by atoms with Gasteiger partial charge in [0.15, 0.2) is 12.1 Å². The molecule has 0 saturated heterocycles. The summed E-state index contributed by atoms with van der Waals surface area (Å²) < 4.78 is 13.2. The normalized spacial score (nSPS) is 10.7. The third kappa shape index (κ3) is 1.97. The number of nitrogens with zero attached hydrogens (tertiary/aromatic N) is 3. The van der Waals surface area contributed by atoms with E-state index in [2.05, 4.69) is 30.2 Å². The number of aromatic nitrogens is 5. The predicted molar refractivity (Wildman–Crippen MR) is 62.0 cm³/mol. The van der Waals surface area contributed by atoms with E-state index in [0.717, 1.165) is 5.56 Å². The second-order valence-corrected chi connectivity index (χ2v) is 3.71. The summed E-state index contributed by atoms with van der Waals surface area (Å²) in [5.41, 5.74) is 2.11. The van der Waals surface area contributed by atoms with Crippen molar-refractivity contribution in [3.8, 4) is 0 Å². The molecule has 0 unspecified atom stereocenters. The van der Waals surface area contributed by atoms with Crippen molar-refractivity contribution in [2.24, 2.45) is 0 Å². The predicted octanol–water partition coefficient (Wildman–Crippen LogP) is 0.918. The van der Waals surface area contributed by atoms with Gasteiger partial charge in [-0.05, 0) is 22.7 Å². The van der Waals surface area contributed by atoms with Gasteiger partial charge >= 0.3 is 11.7 Å². The van der Waals surface area contributed by atoms with Crippen LogP contribution >= 0.6 is 0 Å². The number of nitrogens with one attached hydrogen (secondary N) is 3. The summed E-state index contributed by atoms with van der Waals surface area (Å²) in [5, 5.41) is 3.06. The highest BCUT2D eigenvalue weighted by molar-refractivity contribution is 5.79. The summed E-state index contributed by atoms with van der Waals surface area (Å²) in [7, 11) is 0. The number of imidazole rings is 1. The molecule has 0 aliphatic heterocycles. The van der Waals surface area contributed by atoms with E-state index in [1.54, 1.807) is 18.7 Å². The van der Waals surface area contributed by atoms with Gasteiger partial charge in [-0.15, -0.1) is 4.39 Å². The molecule has 0 saturated carbocycles. The first-order valence-corrected chi connectivity index (χ1v) is 5.38. The van der Waals surface area contributed by atoms with Gasteiger partial charge in [-0.3, -0.25) is 9.97 Å². The SMILES string of the molecule is Fc1nc(NCc2ccncc2)c2[nH]c[nH+]c2n1. The van der Waals surface area contributed by atoms with Gasteiger partial charge in [0.1, 0.15) is 0 Å². The van der Waals surface area contributed by atoms with Gasteiger partial charge < -0.3 is 5.32 Å². The molecule has 18 heavy (non-hydrogen) atoms. The average Bonchev–Trinajstić information content (AvgIpc) is 2.85. The van der Waals surface area contributed by atoms with Gasteiger partial charge in [0.05, 0.1) is 0 Å². The molecule has 3 aromatic rings. The van der Waals surface area contributed by atoms with E-state index in [0.29, 0.717) is 23.5 Å². The van der Waals surface area contributed by atoms with E-state index < -0.39 is 6.08 Å². The zero-order valence-electron chi connectivity index (χ0n) is 9.31. The number of pyridine rings is 1. The number of anilines is 1. The van der Waals surface area contributed by atoms with Gasteiger partial charge in [0, 0.05) is 18.9 Å². The van der Waals surface area contributed by atoms with E-state index in [4.69, 9.17) is 0 Å².